The van der Waals surface area contributed by atoms with Gasteiger partial charge in [0.2, 0.25) is 5.91 Å². The molecule has 0 spiro atoms. The van der Waals surface area contributed by atoms with Crippen molar-refractivity contribution >= 4 is 23.2 Å². The van der Waals surface area contributed by atoms with E-state index < -0.39 is 5.91 Å². The Hall–Kier alpha value is -1.26. The summed E-state index contributed by atoms with van der Waals surface area (Å²) in [6.07, 6.45) is 2.42. The molecule has 0 aliphatic carbocycles. The van der Waals surface area contributed by atoms with Crippen molar-refractivity contribution in [3.63, 3.8) is 0 Å². The number of amides is 1. The van der Waals surface area contributed by atoms with Gasteiger partial charge in [0.1, 0.15) is 0 Å². The van der Waals surface area contributed by atoms with E-state index in [0.29, 0.717) is 16.6 Å². The Bertz CT molecular complexity index is 469. The summed E-state index contributed by atoms with van der Waals surface area (Å²) in [6.45, 7) is 4.15. The average Bonchev–Trinajstić information content (AvgIpc) is 2.26. The van der Waals surface area contributed by atoms with Gasteiger partial charge in [-0.05, 0) is 44.9 Å². The number of halogens is 1. The van der Waals surface area contributed by atoms with Crippen LogP contribution in [0.3, 0.4) is 0 Å². The largest absolute Gasteiger partial charge is 0.382 e. The number of rotatable bonds is 3. The number of hydrogen-bond donors (Lipinski definition) is 2. The maximum atomic E-state index is 11.1. The van der Waals surface area contributed by atoms with Gasteiger partial charge in [0.25, 0.3) is 0 Å². The van der Waals surface area contributed by atoms with Gasteiger partial charge < -0.3 is 15.8 Å². The summed E-state index contributed by atoms with van der Waals surface area (Å²) < 4.78 is 5.70. The highest BCUT2D eigenvalue weighted by molar-refractivity contribution is 6.34. The van der Waals surface area contributed by atoms with E-state index in [2.05, 4.69) is 19.2 Å². The van der Waals surface area contributed by atoms with E-state index >= 15 is 0 Å². The number of nitrogens with one attached hydrogen (secondary N) is 1. The lowest BCUT2D eigenvalue weighted by Gasteiger charge is -2.33. The standard InChI is InChI=1S/C14H19ClN2O2/c1-8-5-11(6-9(2)19-8)17-10-3-4-12(14(16)18)13(15)7-10/h3-4,7-9,11,17H,5-6H2,1-2H3,(H2,16,18). The van der Waals surface area contributed by atoms with Crippen LogP contribution in [0.1, 0.15) is 37.0 Å². The number of primary amides is 1. The molecule has 1 fully saturated rings. The molecule has 1 aromatic carbocycles. The summed E-state index contributed by atoms with van der Waals surface area (Å²) >= 11 is 6.03. The smallest absolute Gasteiger partial charge is 0.250 e. The Kier molecular flexibility index (Phi) is 4.32. The normalized spacial score (nSPS) is 27.0. The van der Waals surface area contributed by atoms with Crippen molar-refractivity contribution in [2.45, 2.75) is 44.9 Å². The molecular weight excluding hydrogens is 264 g/mol. The average molecular weight is 283 g/mol. The molecule has 1 aliphatic heterocycles. The third-order valence-corrected chi connectivity index (χ3v) is 3.62. The first-order valence-electron chi connectivity index (χ1n) is 6.47. The number of ether oxygens (including phenoxy) is 1. The minimum absolute atomic E-state index is 0.251. The van der Waals surface area contributed by atoms with Gasteiger partial charge in [0, 0.05) is 11.7 Å². The van der Waals surface area contributed by atoms with Crippen LogP contribution in [0.4, 0.5) is 5.69 Å². The number of carbonyl (C=O) groups is 1. The fourth-order valence-electron chi connectivity index (χ4n) is 2.56. The predicted octanol–water partition coefficient (Wildman–Crippen LogP) is 2.81. The molecule has 1 amide bonds. The van der Waals surface area contributed by atoms with Crippen LogP contribution in [-0.4, -0.2) is 24.2 Å². The zero-order valence-corrected chi connectivity index (χ0v) is 11.9. The second-order valence-corrected chi connectivity index (χ2v) is 5.54. The van der Waals surface area contributed by atoms with E-state index in [1.165, 1.54) is 0 Å². The minimum Gasteiger partial charge on any atom is -0.382 e. The Morgan fingerprint density at radius 3 is 2.53 bits per heavy atom. The molecule has 0 bridgehead atoms. The minimum atomic E-state index is -0.509. The summed E-state index contributed by atoms with van der Waals surface area (Å²) in [5.74, 6) is -0.509. The molecule has 104 valence electrons. The molecule has 2 atom stereocenters. The summed E-state index contributed by atoms with van der Waals surface area (Å²) in [4.78, 5) is 11.1. The number of benzene rings is 1. The van der Waals surface area contributed by atoms with Crippen LogP contribution >= 0.6 is 11.6 Å². The van der Waals surface area contributed by atoms with E-state index in [4.69, 9.17) is 22.1 Å². The Balaban J connectivity index is 2.07. The molecule has 2 unspecified atom stereocenters. The summed E-state index contributed by atoms with van der Waals surface area (Å²) in [6, 6.07) is 5.58. The number of nitrogens with two attached hydrogens (primary N) is 1. The van der Waals surface area contributed by atoms with E-state index in [1.807, 2.05) is 6.07 Å². The fraction of sp³-hybridized carbons (Fsp3) is 0.500. The SMILES string of the molecule is CC1CC(Nc2ccc(C(N)=O)c(Cl)c2)CC(C)O1. The molecule has 1 saturated heterocycles. The van der Waals surface area contributed by atoms with Crippen molar-refractivity contribution in [1.82, 2.24) is 0 Å². The Morgan fingerprint density at radius 2 is 2.00 bits per heavy atom. The zero-order chi connectivity index (χ0) is 14.0. The lowest BCUT2D eigenvalue weighted by Crippen LogP contribution is -2.36. The van der Waals surface area contributed by atoms with Crippen LogP contribution in [0.25, 0.3) is 0 Å². The van der Waals surface area contributed by atoms with Crippen LogP contribution in [0.5, 0.6) is 0 Å². The molecule has 5 heteroatoms. The zero-order valence-electron chi connectivity index (χ0n) is 11.2. The van der Waals surface area contributed by atoms with Crippen molar-refractivity contribution in [2.24, 2.45) is 5.73 Å². The summed E-state index contributed by atoms with van der Waals surface area (Å²) in [5, 5.41) is 3.81. The van der Waals surface area contributed by atoms with E-state index in [1.54, 1.807) is 12.1 Å². The van der Waals surface area contributed by atoms with Crippen LogP contribution in [0.15, 0.2) is 18.2 Å². The molecule has 1 aliphatic rings. The van der Waals surface area contributed by atoms with Crippen LogP contribution < -0.4 is 11.1 Å². The predicted molar refractivity (Wildman–Crippen MR) is 76.6 cm³/mol. The van der Waals surface area contributed by atoms with E-state index in [-0.39, 0.29) is 12.2 Å². The first-order valence-corrected chi connectivity index (χ1v) is 6.85. The summed E-state index contributed by atoms with van der Waals surface area (Å²) in [7, 11) is 0. The van der Waals surface area contributed by atoms with Gasteiger partial charge in [-0.3, -0.25) is 4.79 Å². The second kappa shape index (κ2) is 5.80. The molecule has 4 nitrogen and oxygen atoms in total. The molecule has 2 rings (SSSR count). The highest BCUT2D eigenvalue weighted by atomic mass is 35.5. The highest BCUT2D eigenvalue weighted by Crippen LogP contribution is 2.25. The van der Waals surface area contributed by atoms with E-state index in [9.17, 15) is 4.79 Å². The third kappa shape index (κ3) is 3.61. The van der Waals surface area contributed by atoms with Crippen molar-refractivity contribution in [3.8, 4) is 0 Å². The van der Waals surface area contributed by atoms with Crippen molar-refractivity contribution < 1.29 is 9.53 Å². The van der Waals surface area contributed by atoms with Crippen molar-refractivity contribution in [2.75, 3.05) is 5.32 Å². The molecule has 3 N–H and O–H groups in total. The molecule has 0 saturated carbocycles. The molecule has 19 heavy (non-hydrogen) atoms. The molecule has 1 heterocycles. The summed E-state index contributed by atoms with van der Waals surface area (Å²) in [5.41, 5.74) is 6.48. The highest BCUT2D eigenvalue weighted by Gasteiger charge is 2.24. The number of carbonyl (C=O) groups excluding carboxylic acids is 1. The van der Waals surface area contributed by atoms with Crippen molar-refractivity contribution in [1.29, 1.82) is 0 Å². The Morgan fingerprint density at radius 1 is 1.37 bits per heavy atom. The van der Waals surface area contributed by atoms with Crippen LogP contribution in [0, 0.1) is 0 Å². The van der Waals surface area contributed by atoms with Crippen LogP contribution in [-0.2, 0) is 4.74 Å². The van der Waals surface area contributed by atoms with Gasteiger partial charge in [-0.1, -0.05) is 11.6 Å². The van der Waals surface area contributed by atoms with Gasteiger partial charge in [-0.2, -0.15) is 0 Å². The van der Waals surface area contributed by atoms with Crippen LogP contribution in [0.2, 0.25) is 5.02 Å². The first-order chi connectivity index (χ1) is 8.95. The van der Waals surface area contributed by atoms with Gasteiger partial charge in [0.15, 0.2) is 0 Å². The lowest BCUT2D eigenvalue weighted by atomic mass is 9.99. The monoisotopic (exact) mass is 282 g/mol. The lowest BCUT2D eigenvalue weighted by molar-refractivity contribution is -0.0337. The molecule has 1 aromatic rings. The van der Waals surface area contributed by atoms with Gasteiger partial charge >= 0.3 is 0 Å². The van der Waals surface area contributed by atoms with Gasteiger partial charge in [0.05, 0.1) is 22.8 Å². The first kappa shape index (κ1) is 14.2. The van der Waals surface area contributed by atoms with Gasteiger partial charge in [-0.25, -0.2) is 0 Å². The van der Waals surface area contributed by atoms with Crippen molar-refractivity contribution in [3.05, 3.63) is 28.8 Å². The maximum Gasteiger partial charge on any atom is 0.250 e. The molecule has 0 aromatic heterocycles. The Labute approximate surface area is 118 Å². The fourth-order valence-corrected chi connectivity index (χ4v) is 2.84. The number of anilines is 1. The van der Waals surface area contributed by atoms with E-state index in [0.717, 1.165) is 18.5 Å². The maximum absolute atomic E-state index is 11.1. The molecule has 0 radical (unpaired) electrons. The van der Waals surface area contributed by atoms with Gasteiger partial charge in [-0.15, -0.1) is 0 Å². The number of hydrogen-bond acceptors (Lipinski definition) is 3. The third-order valence-electron chi connectivity index (χ3n) is 3.30. The topological polar surface area (TPSA) is 64.3 Å². The quantitative estimate of drug-likeness (QED) is 0.896. The molecular formula is C14H19ClN2O2. The second-order valence-electron chi connectivity index (χ2n) is 5.13.